The highest BCUT2D eigenvalue weighted by molar-refractivity contribution is 5.95. The summed E-state index contributed by atoms with van der Waals surface area (Å²) in [6.45, 7) is 5.75. The van der Waals surface area contributed by atoms with E-state index in [0.717, 1.165) is 35.1 Å². The van der Waals surface area contributed by atoms with Gasteiger partial charge in [-0.25, -0.2) is 0 Å². The summed E-state index contributed by atoms with van der Waals surface area (Å²) in [4.78, 5) is 16.9. The molecule has 0 radical (unpaired) electrons. The van der Waals surface area contributed by atoms with Crippen LogP contribution in [-0.2, 0) is 6.42 Å². The van der Waals surface area contributed by atoms with E-state index in [0.29, 0.717) is 11.3 Å². The normalized spacial score (nSPS) is 11.8. The number of nitrogens with zero attached hydrogens (tertiary/aromatic N) is 1. The fourth-order valence-corrected chi connectivity index (χ4v) is 3.25. The number of rotatable bonds is 6. The van der Waals surface area contributed by atoms with Gasteiger partial charge in [0.15, 0.2) is 0 Å². The zero-order chi connectivity index (χ0) is 20.1. The van der Waals surface area contributed by atoms with Crippen molar-refractivity contribution in [2.45, 2.75) is 39.7 Å². The monoisotopic (exact) mass is 374 g/mol. The van der Waals surface area contributed by atoms with Crippen molar-refractivity contribution in [1.82, 2.24) is 10.3 Å². The van der Waals surface area contributed by atoms with Gasteiger partial charge in [-0.05, 0) is 74.1 Å². The Bertz CT molecular complexity index is 944. The van der Waals surface area contributed by atoms with Crippen molar-refractivity contribution in [2.24, 2.45) is 0 Å². The number of aromatic hydroxyl groups is 1. The highest BCUT2D eigenvalue weighted by Gasteiger charge is 2.12. The molecule has 2 aromatic carbocycles. The van der Waals surface area contributed by atoms with Crippen LogP contribution in [0.2, 0.25) is 0 Å². The molecule has 0 aliphatic heterocycles. The molecule has 1 amide bonds. The minimum atomic E-state index is -0.123. The van der Waals surface area contributed by atoms with Crippen molar-refractivity contribution in [3.63, 3.8) is 0 Å². The highest BCUT2D eigenvalue weighted by atomic mass is 16.3. The molecule has 4 nitrogen and oxygen atoms in total. The number of carbonyl (C=O) groups excluding carboxylic acids is 1. The van der Waals surface area contributed by atoms with Crippen molar-refractivity contribution in [3.8, 4) is 16.9 Å². The number of aryl methyl sites for hydroxylation is 3. The Labute approximate surface area is 166 Å². The molecule has 1 atom stereocenters. The molecule has 28 heavy (non-hydrogen) atoms. The van der Waals surface area contributed by atoms with Gasteiger partial charge in [-0.1, -0.05) is 30.3 Å². The molecule has 0 spiro atoms. The third kappa shape index (κ3) is 4.77. The lowest BCUT2D eigenvalue weighted by molar-refractivity contribution is 0.0938. The van der Waals surface area contributed by atoms with Gasteiger partial charge in [0.1, 0.15) is 5.75 Å². The lowest BCUT2D eigenvalue weighted by Crippen LogP contribution is -2.33. The van der Waals surface area contributed by atoms with Crippen LogP contribution in [0.15, 0.2) is 60.9 Å². The van der Waals surface area contributed by atoms with Gasteiger partial charge in [0.2, 0.25) is 0 Å². The summed E-state index contributed by atoms with van der Waals surface area (Å²) in [6.07, 6.45) is 5.12. The summed E-state index contributed by atoms with van der Waals surface area (Å²) < 4.78 is 0. The number of pyridine rings is 1. The molecule has 144 valence electrons. The maximum atomic E-state index is 12.6. The number of phenolic OH excluding ortho intramolecular Hbond substituents is 1. The van der Waals surface area contributed by atoms with E-state index in [1.807, 2.05) is 57.2 Å². The smallest absolute Gasteiger partial charge is 0.253 e. The summed E-state index contributed by atoms with van der Waals surface area (Å²) in [6, 6.07) is 16.0. The molecule has 0 aliphatic carbocycles. The van der Waals surface area contributed by atoms with Crippen molar-refractivity contribution in [3.05, 3.63) is 83.2 Å². The van der Waals surface area contributed by atoms with Crippen LogP contribution in [0, 0.1) is 13.8 Å². The Balaban J connectivity index is 1.68. The van der Waals surface area contributed by atoms with Gasteiger partial charge in [-0.2, -0.15) is 0 Å². The molecule has 1 heterocycles. The summed E-state index contributed by atoms with van der Waals surface area (Å²) in [7, 11) is 0. The zero-order valence-electron chi connectivity index (χ0n) is 16.6. The fraction of sp³-hybridized carbons (Fsp3) is 0.250. The quantitative estimate of drug-likeness (QED) is 0.650. The molecule has 2 N–H and O–H groups in total. The molecular formula is C24H26N2O2. The van der Waals surface area contributed by atoms with Crippen LogP contribution < -0.4 is 5.32 Å². The Morgan fingerprint density at radius 1 is 1.04 bits per heavy atom. The first kappa shape index (κ1) is 19.6. The van der Waals surface area contributed by atoms with E-state index < -0.39 is 0 Å². The van der Waals surface area contributed by atoms with Gasteiger partial charge >= 0.3 is 0 Å². The second kappa shape index (κ2) is 8.70. The third-order valence-corrected chi connectivity index (χ3v) is 4.91. The Kier molecular flexibility index (Phi) is 6.09. The molecule has 3 rings (SSSR count). The fourth-order valence-electron chi connectivity index (χ4n) is 3.25. The molecule has 0 saturated carbocycles. The number of hydrogen-bond donors (Lipinski definition) is 2. The number of hydrogen-bond acceptors (Lipinski definition) is 3. The second-order valence-electron chi connectivity index (χ2n) is 7.32. The van der Waals surface area contributed by atoms with E-state index >= 15 is 0 Å². The number of amides is 1. The van der Waals surface area contributed by atoms with Gasteiger partial charge in [0, 0.05) is 24.0 Å². The highest BCUT2D eigenvalue weighted by Crippen LogP contribution is 2.29. The number of nitrogens with one attached hydrogen (secondary N) is 1. The average Bonchev–Trinajstić information content (AvgIpc) is 2.71. The molecule has 4 heteroatoms. The van der Waals surface area contributed by atoms with Crippen LogP contribution in [0.3, 0.4) is 0 Å². The molecule has 1 unspecified atom stereocenters. The van der Waals surface area contributed by atoms with Crippen LogP contribution in [-0.4, -0.2) is 22.0 Å². The molecule has 0 bridgehead atoms. The summed E-state index contributed by atoms with van der Waals surface area (Å²) in [5.41, 5.74) is 5.21. The molecule has 0 saturated heterocycles. The maximum absolute atomic E-state index is 12.6. The largest absolute Gasteiger partial charge is 0.507 e. The van der Waals surface area contributed by atoms with E-state index in [-0.39, 0.29) is 11.9 Å². The number of carbonyl (C=O) groups is 1. The Hall–Kier alpha value is -3.14. The maximum Gasteiger partial charge on any atom is 0.253 e. The topological polar surface area (TPSA) is 62.2 Å². The Morgan fingerprint density at radius 3 is 2.39 bits per heavy atom. The predicted octanol–water partition coefficient (Wildman–Crippen LogP) is 4.82. The molecule has 1 aromatic heterocycles. The zero-order valence-corrected chi connectivity index (χ0v) is 16.6. The first-order valence-electron chi connectivity index (χ1n) is 9.54. The van der Waals surface area contributed by atoms with Crippen LogP contribution in [0.25, 0.3) is 11.1 Å². The van der Waals surface area contributed by atoms with Gasteiger partial charge in [0.25, 0.3) is 5.91 Å². The standard InChI is InChI=1S/C24H26N2O2/c1-16-11-20(12-17(2)23(16)27)21-13-22(15-25-14-21)24(28)26-18(3)9-10-19-7-5-4-6-8-19/h4-8,11-15,18,27H,9-10H2,1-3H3,(H,26,28). The second-order valence-corrected chi connectivity index (χ2v) is 7.32. The SMILES string of the molecule is Cc1cc(-c2cncc(C(=O)NC(C)CCc3ccccc3)c2)cc(C)c1O. The lowest BCUT2D eigenvalue weighted by atomic mass is 10.00. The third-order valence-electron chi connectivity index (χ3n) is 4.91. The van der Waals surface area contributed by atoms with E-state index in [1.165, 1.54) is 5.56 Å². The van der Waals surface area contributed by atoms with Gasteiger partial charge < -0.3 is 10.4 Å². The first-order chi connectivity index (χ1) is 13.4. The van der Waals surface area contributed by atoms with Crippen LogP contribution in [0.4, 0.5) is 0 Å². The molecule has 3 aromatic rings. The van der Waals surface area contributed by atoms with E-state index in [9.17, 15) is 9.90 Å². The average molecular weight is 374 g/mol. The van der Waals surface area contributed by atoms with Crippen LogP contribution in [0.5, 0.6) is 5.75 Å². The van der Waals surface area contributed by atoms with Gasteiger partial charge in [0.05, 0.1) is 5.56 Å². The minimum absolute atomic E-state index is 0.0644. The predicted molar refractivity (Wildman–Crippen MR) is 113 cm³/mol. The number of aromatic nitrogens is 1. The van der Waals surface area contributed by atoms with Crippen molar-refractivity contribution >= 4 is 5.91 Å². The van der Waals surface area contributed by atoms with Crippen LogP contribution in [0.1, 0.15) is 40.4 Å². The molecule has 0 aliphatic rings. The van der Waals surface area contributed by atoms with E-state index in [1.54, 1.807) is 12.4 Å². The lowest BCUT2D eigenvalue weighted by Gasteiger charge is -2.14. The summed E-state index contributed by atoms with van der Waals surface area (Å²) in [5, 5.41) is 13.0. The molecule has 0 fully saturated rings. The number of phenols is 1. The summed E-state index contributed by atoms with van der Waals surface area (Å²) in [5.74, 6) is 0.181. The summed E-state index contributed by atoms with van der Waals surface area (Å²) >= 11 is 0. The molecular weight excluding hydrogens is 348 g/mol. The first-order valence-corrected chi connectivity index (χ1v) is 9.54. The van der Waals surface area contributed by atoms with Gasteiger partial charge in [-0.3, -0.25) is 9.78 Å². The van der Waals surface area contributed by atoms with E-state index in [2.05, 4.69) is 22.4 Å². The number of benzene rings is 2. The van der Waals surface area contributed by atoms with Crippen molar-refractivity contribution < 1.29 is 9.90 Å². The van der Waals surface area contributed by atoms with Crippen molar-refractivity contribution in [1.29, 1.82) is 0 Å². The van der Waals surface area contributed by atoms with Gasteiger partial charge in [-0.15, -0.1) is 0 Å². The Morgan fingerprint density at radius 2 is 1.71 bits per heavy atom. The van der Waals surface area contributed by atoms with Crippen molar-refractivity contribution in [2.75, 3.05) is 0 Å². The minimum Gasteiger partial charge on any atom is -0.507 e. The van der Waals surface area contributed by atoms with Crippen LogP contribution >= 0.6 is 0 Å². The van der Waals surface area contributed by atoms with E-state index in [4.69, 9.17) is 0 Å².